The molecule has 0 N–H and O–H groups in total. The Morgan fingerprint density at radius 3 is 2.61 bits per heavy atom. The SMILES string of the molecule is O=C=Nc1ccc(Oc2cccc(Cl)c2)c(Cl)c1. The third kappa shape index (κ3) is 3.11. The highest BCUT2D eigenvalue weighted by molar-refractivity contribution is 6.32. The van der Waals surface area contributed by atoms with E-state index >= 15 is 0 Å². The van der Waals surface area contributed by atoms with Crippen LogP contribution in [0.25, 0.3) is 0 Å². The van der Waals surface area contributed by atoms with E-state index in [1.165, 1.54) is 12.1 Å². The summed E-state index contributed by atoms with van der Waals surface area (Å²) in [5.41, 5.74) is 0.424. The van der Waals surface area contributed by atoms with Crippen LogP contribution in [0.15, 0.2) is 47.5 Å². The lowest BCUT2D eigenvalue weighted by atomic mass is 10.3. The normalized spacial score (nSPS) is 9.67. The Kier molecular flexibility index (Phi) is 4.00. The van der Waals surface area contributed by atoms with Gasteiger partial charge in [0.2, 0.25) is 6.08 Å². The topological polar surface area (TPSA) is 38.7 Å². The van der Waals surface area contributed by atoms with E-state index in [4.69, 9.17) is 27.9 Å². The molecule has 0 bridgehead atoms. The van der Waals surface area contributed by atoms with Gasteiger partial charge < -0.3 is 4.74 Å². The largest absolute Gasteiger partial charge is 0.456 e. The van der Waals surface area contributed by atoms with E-state index in [-0.39, 0.29) is 0 Å². The van der Waals surface area contributed by atoms with Crippen molar-refractivity contribution in [2.75, 3.05) is 0 Å². The molecular weight excluding hydrogens is 273 g/mol. The Morgan fingerprint density at radius 2 is 1.94 bits per heavy atom. The summed E-state index contributed by atoms with van der Waals surface area (Å²) in [4.78, 5) is 13.6. The van der Waals surface area contributed by atoms with Crippen LogP contribution in [0.1, 0.15) is 0 Å². The van der Waals surface area contributed by atoms with Gasteiger partial charge in [-0.1, -0.05) is 29.3 Å². The van der Waals surface area contributed by atoms with Gasteiger partial charge in [-0.3, -0.25) is 0 Å². The van der Waals surface area contributed by atoms with Crippen molar-refractivity contribution in [2.24, 2.45) is 4.99 Å². The van der Waals surface area contributed by atoms with Crippen molar-refractivity contribution < 1.29 is 9.53 Å². The second kappa shape index (κ2) is 5.69. The van der Waals surface area contributed by atoms with Gasteiger partial charge >= 0.3 is 0 Å². The number of hydrogen-bond acceptors (Lipinski definition) is 3. The van der Waals surface area contributed by atoms with E-state index in [0.29, 0.717) is 27.2 Å². The molecule has 3 nitrogen and oxygen atoms in total. The number of carbonyl (C=O) groups excluding carboxylic acids is 1. The maximum atomic E-state index is 10.1. The van der Waals surface area contributed by atoms with Crippen molar-refractivity contribution >= 4 is 35.0 Å². The lowest BCUT2D eigenvalue weighted by Crippen LogP contribution is -1.84. The molecule has 0 fully saturated rings. The summed E-state index contributed by atoms with van der Waals surface area (Å²) < 4.78 is 5.57. The molecule has 0 unspecified atom stereocenters. The second-order valence-corrected chi connectivity index (χ2v) is 4.22. The van der Waals surface area contributed by atoms with Gasteiger partial charge in [0.05, 0.1) is 10.7 Å². The van der Waals surface area contributed by atoms with E-state index in [1.807, 2.05) is 0 Å². The van der Waals surface area contributed by atoms with Gasteiger partial charge in [0.25, 0.3) is 0 Å². The first-order chi connectivity index (χ1) is 8.69. The highest BCUT2D eigenvalue weighted by Gasteiger charge is 2.04. The molecule has 0 saturated carbocycles. The fourth-order valence-corrected chi connectivity index (χ4v) is 1.75. The maximum absolute atomic E-state index is 10.1. The number of hydrogen-bond donors (Lipinski definition) is 0. The summed E-state index contributed by atoms with van der Waals surface area (Å²) in [6, 6.07) is 11.7. The Balaban J connectivity index is 2.27. The third-order valence-electron chi connectivity index (χ3n) is 2.11. The first-order valence-corrected chi connectivity index (χ1v) is 5.75. The monoisotopic (exact) mass is 279 g/mol. The van der Waals surface area contributed by atoms with Crippen LogP contribution in [-0.4, -0.2) is 6.08 Å². The average molecular weight is 280 g/mol. The number of benzene rings is 2. The van der Waals surface area contributed by atoms with Crippen LogP contribution in [0.4, 0.5) is 5.69 Å². The summed E-state index contributed by atoms with van der Waals surface area (Å²) in [6.07, 6.45) is 1.45. The zero-order valence-corrected chi connectivity index (χ0v) is 10.6. The van der Waals surface area contributed by atoms with Crippen LogP contribution in [0.2, 0.25) is 10.0 Å². The van der Waals surface area contributed by atoms with Gasteiger partial charge in [0.1, 0.15) is 11.5 Å². The van der Waals surface area contributed by atoms with Crippen molar-refractivity contribution in [3.63, 3.8) is 0 Å². The number of isocyanates is 1. The molecule has 90 valence electrons. The zero-order chi connectivity index (χ0) is 13.0. The standard InChI is InChI=1S/C13H7Cl2NO2/c14-9-2-1-3-11(6-9)18-13-5-4-10(16-8-17)7-12(13)15/h1-7H. The number of halogens is 2. The van der Waals surface area contributed by atoms with E-state index in [2.05, 4.69) is 4.99 Å². The van der Waals surface area contributed by atoms with Crippen molar-refractivity contribution in [3.8, 4) is 11.5 Å². The molecule has 0 atom stereocenters. The van der Waals surface area contributed by atoms with Crippen LogP contribution in [0, 0.1) is 0 Å². The van der Waals surface area contributed by atoms with Crippen LogP contribution < -0.4 is 4.74 Å². The molecule has 2 rings (SSSR count). The van der Waals surface area contributed by atoms with Crippen molar-refractivity contribution in [2.45, 2.75) is 0 Å². The van der Waals surface area contributed by atoms with Crippen LogP contribution in [-0.2, 0) is 4.79 Å². The smallest absolute Gasteiger partial charge is 0.240 e. The van der Waals surface area contributed by atoms with E-state index in [9.17, 15) is 4.79 Å². The molecule has 0 spiro atoms. The number of aliphatic imine (C=N–C) groups is 1. The van der Waals surface area contributed by atoms with E-state index in [1.54, 1.807) is 36.4 Å². The van der Waals surface area contributed by atoms with Crippen LogP contribution in [0.5, 0.6) is 11.5 Å². The molecule has 18 heavy (non-hydrogen) atoms. The molecule has 0 aliphatic rings. The van der Waals surface area contributed by atoms with Crippen LogP contribution in [0.3, 0.4) is 0 Å². The van der Waals surface area contributed by atoms with Crippen molar-refractivity contribution in [1.82, 2.24) is 0 Å². The lowest BCUT2D eigenvalue weighted by molar-refractivity contribution is 0.483. The van der Waals surface area contributed by atoms with Crippen molar-refractivity contribution in [1.29, 1.82) is 0 Å². The van der Waals surface area contributed by atoms with Gasteiger partial charge in [-0.25, -0.2) is 4.79 Å². The lowest BCUT2D eigenvalue weighted by Gasteiger charge is -2.07. The molecule has 0 radical (unpaired) electrons. The summed E-state index contributed by atoms with van der Waals surface area (Å²) in [7, 11) is 0. The first-order valence-electron chi connectivity index (χ1n) is 5.00. The van der Waals surface area contributed by atoms with Gasteiger partial charge in [-0.15, -0.1) is 0 Å². The minimum Gasteiger partial charge on any atom is -0.456 e. The number of ether oxygens (including phenoxy) is 1. The van der Waals surface area contributed by atoms with Gasteiger partial charge in [0.15, 0.2) is 0 Å². The summed E-state index contributed by atoms with van der Waals surface area (Å²) in [6.45, 7) is 0. The Labute approximate surface area is 114 Å². The van der Waals surface area contributed by atoms with Gasteiger partial charge in [-0.2, -0.15) is 4.99 Å². The van der Waals surface area contributed by atoms with E-state index < -0.39 is 0 Å². The van der Waals surface area contributed by atoms with Crippen LogP contribution >= 0.6 is 23.2 Å². The van der Waals surface area contributed by atoms with Crippen molar-refractivity contribution in [3.05, 3.63) is 52.5 Å². The predicted molar refractivity (Wildman–Crippen MR) is 70.8 cm³/mol. The third-order valence-corrected chi connectivity index (χ3v) is 2.64. The highest BCUT2D eigenvalue weighted by Crippen LogP contribution is 2.33. The molecule has 0 aliphatic carbocycles. The molecule has 0 heterocycles. The summed E-state index contributed by atoms with van der Waals surface area (Å²) >= 11 is 11.9. The maximum Gasteiger partial charge on any atom is 0.240 e. The number of rotatable bonds is 3. The van der Waals surface area contributed by atoms with Gasteiger partial charge in [-0.05, 0) is 36.4 Å². The fourth-order valence-electron chi connectivity index (χ4n) is 1.35. The molecule has 0 aromatic heterocycles. The molecular formula is C13H7Cl2NO2. The summed E-state index contributed by atoms with van der Waals surface area (Å²) in [5.74, 6) is 1.04. The molecule has 0 amide bonds. The fraction of sp³-hybridized carbons (Fsp3) is 0. The minimum absolute atomic E-state index is 0.353. The molecule has 2 aromatic carbocycles. The molecule has 5 heteroatoms. The summed E-state index contributed by atoms with van der Waals surface area (Å²) in [5, 5.41) is 0.928. The zero-order valence-electron chi connectivity index (χ0n) is 9.06. The van der Waals surface area contributed by atoms with Gasteiger partial charge in [0, 0.05) is 5.02 Å². The Morgan fingerprint density at radius 1 is 1.11 bits per heavy atom. The Hall–Kier alpha value is -1.80. The number of nitrogens with zero attached hydrogens (tertiary/aromatic N) is 1. The molecule has 2 aromatic rings. The van der Waals surface area contributed by atoms with E-state index in [0.717, 1.165) is 0 Å². The first kappa shape index (κ1) is 12.7. The minimum atomic E-state index is 0.353. The molecule has 0 aliphatic heterocycles. The predicted octanol–water partition coefficient (Wildman–Crippen LogP) is 4.75. The highest BCUT2D eigenvalue weighted by atomic mass is 35.5. The quantitative estimate of drug-likeness (QED) is 0.601. The molecule has 0 saturated heterocycles. The second-order valence-electron chi connectivity index (χ2n) is 3.38. The average Bonchev–Trinajstić information content (AvgIpc) is 2.33. The Bertz CT molecular complexity index is 622.